The molecule has 0 aliphatic heterocycles. The molecule has 0 amide bonds. The van der Waals surface area contributed by atoms with E-state index in [4.69, 9.17) is 10.2 Å². The molecular weight excluding hydrogens is 146 g/mol. The first-order valence-electron chi connectivity index (χ1n) is 2.34. The van der Waals surface area contributed by atoms with Gasteiger partial charge in [0.25, 0.3) is 0 Å². The fraction of sp³-hybridized carbons (Fsp3) is 0.500. The minimum atomic E-state index is -1.67. The molecule has 0 rings (SSSR count). The maximum absolute atomic E-state index is 10.2. The molecule has 2 unspecified atom stereocenters. The third kappa shape index (κ3) is 4.19. The molecule has 0 aromatic carbocycles. The van der Waals surface area contributed by atoms with Crippen molar-refractivity contribution in [1.29, 1.82) is 0 Å². The number of hydrogen-bond donors (Lipinski definition) is 2. The minimum absolute atomic E-state index is 0. The monoisotopic (exact) mass is 153 g/mol. The van der Waals surface area contributed by atoms with Gasteiger partial charge in [-0.05, 0) is 0 Å². The van der Waals surface area contributed by atoms with Gasteiger partial charge in [-0.2, -0.15) is 0 Å². The van der Waals surface area contributed by atoms with E-state index in [-0.39, 0.29) is 36.3 Å². The number of carbonyl (C=O) groups excluding carboxylic acids is 2. The summed E-state index contributed by atoms with van der Waals surface area (Å²) in [7, 11) is 0. The molecule has 0 aliphatic carbocycles. The van der Waals surface area contributed by atoms with Gasteiger partial charge < -0.3 is 0 Å². The third-order valence-corrected chi connectivity index (χ3v) is 1.43. The van der Waals surface area contributed by atoms with Gasteiger partial charge >= 0.3 is 69.3 Å². The number of carbonyl (C=O) groups is 1. The Balaban J connectivity index is 0. The van der Waals surface area contributed by atoms with Crippen LogP contribution >= 0.6 is 0 Å². The molecule has 0 heterocycles. The predicted molar refractivity (Wildman–Crippen MR) is 38.4 cm³/mol. The first-order valence-corrected chi connectivity index (χ1v) is 3.34. The van der Waals surface area contributed by atoms with Crippen molar-refractivity contribution in [2.45, 2.75) is 12.2 Å². The van der Waals surface area contributed by atoms with Crippen molar-refractivity contribution < 1.29 is 19.8 Å². The first-order chi connectivity index (χ1) is 4.09. The van der Waals surface area contributed by atoms with Crippen LogP contribution in [0.1, 0.15) is 0 Å². The summed E-state index contributed by atoms with van der Waals surface area (Å²) in [5.41, 5.74) is 0. The Kier molecular flexibility index (Phi) is 7.85. The van der Waals surface area contributed by atoms with Crippen molar-refractivity contribution in [2.75, 3.05) is 0 Å². The van der Waals surface area contributed by atoms with E-state index in [1.165, 1.54) is 0 Å². The Labute approximate surface area is 77.6 Å². The molecule has 1 radical (unpaired) electrons. The van der Waals surface area contributed by atoms with Crippen LogP contribution in [0.5, 0.6) is 0 Å². The van der Waals surface area contributed by atoms with Crippen LogP contribution in [0.15, 0.2) is 0 Å². The van der Waals surface area contributed by atoms with Crippen LogP contribution in [0, 0.1) is 0 Å². The second kappa shape index (κ2) is 6.06. The van der Waals surface area contributed by atoms with Crippen LogP contribution in [0.25, 0.3) is 0 Å². The molecule has 2 atom stereocenters. The summed E-state index contributed by atoms with van der Waals surface area (Å²) in [6, 6.07) is 0. The van der Waals surface area contributed by atoms with Crippen LogP contribution < -0.4 is 0 Å². The van der Waals surface area contributed by atoms with Gasteiger partial charge in [0, 0.05) is 0 Å². The Morgan fingerprint density at radius 3 is 2.00 bits per heavy atom. The van der Waals surface area contributed by atoms with Crippen molar-refractivity contribution in [3.63, 3.8) is 0 Å². The molecule has 0 aliphatic rings. The fourth-order valence-corrected chi connectivity index (χ4v) is 0.603. The average Bonchev–Trinajstić information content (AvgIpc) is 1.84. The van der Waals surface area contributed by atoms with E-state index in [0.29, 0.717) is 0 Å². The first kappa shape index (κ1) is 13.0. The fourth-order valence-electron chi connectivity index (χ4n) is 0.287. The van der Waals surface area contributed by atoms with E-state index in [1.807, 2.05) is 0 Å². The van der Waals surface area contributed by atoms with Crippen molar-refractivity contribution in [1.82, 2.24) is 0 Å². The molecule has 0 bridgehead atoms. The predicted octanol–water partition coefficient (Wildman–Crippen LogP) is -3.67. The van der Waals surface area contributed by atoms with E-state index >= 15 is 0 Å². The number of aliphatic hydroxyl groups excluding tert-OH is 2. The normalized spacial score (nSPS) is 14.8. The molecule has 2 N–H and O–H groups in total. The maximum atomic E-state index is 10.2. The summed E-state index contributed by atoms with van der Waals surface area (Å²) >= 11 is 0.127. The van der Waals surface area contributed by atoms with E-state index in [9.17, 15) is 9.59 Å². The SMILES string of the molecule is B.O=[C]C(O)C(O)[C](=O)[Na]. The van der Waals surface area contributed by atoms with Gasteiger partial charge in [0.15, 0.2) is 0 Å². The zero-order valence-electron chi connectivity index (χ0n) is 4.87. The third-order valence-electron chi connectivity index (χ3n) is 0.836. The van der Waals surface area contributed by atoms with Crippen LogP contribution in [0.4, 0.5) is 0 Å². The van der Waals surface area contributed by atoms with Crippen molar-refractivity contribution in [3.05, 3.63) is 0 Å². The Morgan fingerprint density at radius 2 is 1.90 bits per heavy atom. The summed E-state index contributed by atoms with van der Waals surface area (Å²) < 4.78 is -0.508. The van der Waals surface area contributed by atoms with Crippen molar-refractivity contribution in [2.24, 2.45) is 0 Å². The van der Waals surface area contributed by atoms with Crippen molar-refractivity contribution >= 4 is 45.7 Å². The molecule has 0 saturated heterocycles. The van der Waals surface area contributed by atoms with Crippen LogP contribution in [-0.2, 0) is 9.59 Å². The van der Waals surface area contributed by atoms with Gasteiger partial charge in [0.1, 0.15) is 0 Å². The second-order valence-corrected chi connectivity index (χ2v) is 2.60. The zero-order valence-corrected chi connectivity index (χ0v) is 6.87. The van der Waals surface area contributed by atoms with Gasteiger partial charge in [0.2, 0.25) is 0 Å². The molecule has 4 nitrogen and oxygen atoms in total. The van der Waals surface area contributed by atoms with E-state index < -0.39 is 15.2 Å². The topological polar surface area (TPSA) is 74.6 Å². The summed E-state index contributed by atoms with van der Waals surface area (Å²) in [5, 5.41) is 17.0. The molecule has 10 heavy (non-hydrogen) atoms. The second-order valence-electron chi connectivity index (χ2n) is 1.62. The summed E-state index contributed by atoms with van der Waals surface area (Å²) in [6.07, 6.45) is -2.13. The summed E-state index contributed by atoms with van der Waals surface area (Å²) in [6.45, 7) is 0. The Bertz CT molecular complexity index is 128. The van der Waals surface area contributed by atoms with Crippen LogP contribution in [-0.4, -0.2) is 68.1 Å². The van der Waals surface area contributed by atoms with Crippen molar-refractivity contribution in [3.8, 4) is 0 Å². The van der Waals surface area contributed by atoms with Gasteiger partial charge in [-0.1, -0.05) is 0 Å². The standard InChI is InChI=1S/C4H4O4.BH3.Na/c5-1-3(7)4(8)2-6;;/h3-4,7-8H;1H3;. The molecule has 0 saturated carbocycles. The molecule has 51 valence electrons. The number of hydrogen-bond acceptors (Lipinski definition) is 4. The van der Waals surface area contributed by atoms with E-state index in [0.717, 1.165) is 6.29 Å². The van der Waals surface area contributed by atoms with Crippen LogP contribution in [0.2, 0.25) is 0 Å². The van der Waals surface area contributed by atoms with Gasteiger partial charge in [-0.3, -0.25) is 0 Å². The molecule has 0 aromatic rings. The number of rotatable bonds is 3. The zero-order chi connectivity index (χ0) is 7.44. The molecular formula is C4H7BNaO4. The quantitative estimate of drug-likeness (QED) is 0.409. The molecule has 0 aromatic heterocycles. The molecule has 0 fully saturated rings. The molecule has 6 heteroatoms. The molecule has 0 spiro atoms. The Morgan fingerprint density at radius 1 is 1.50 bits per heavy atom. The number of aliphatic hydroxyl groups is 2. The van der Waals surface area contributed by atoms with Gasteiger partial charge in [0.05, 0.1) is 8.41 Å². The average molecular weight is 153 g/mol. The van der Waals surface area contributed by atoms with Gasteiger partial charge in [-0.25, -0.2) is 0 Å². The summed E-state index contributed by atoms with van der Waals surface area (Å²) in [5.74, 6) is 0. The van der Waals surface area contributed by atoms with Crippen LogP contribution in [0.3, 0.4) is 0 Å². The van der Waals surface area contributed by atoms with Gasteiger partial charge in [-0.15, -0.1) is 0 Å². The Hall–Kier alpha value is 0.325. The van der Waals surface area contributed by atoms with E-state index in [2.05, 4.69) is 0 Å². The van der Waals surface area contributed by atoms with E-state index in [1.54, 1.807) is 0 Å². The summed E-state index contributed by atoms with van der Waals surface area (Å²) in [4.78, 5) is 19.8.